The molecule has 0 bridgehead atoms. The highest BCUT2D eigenvalue weighted by atomic mass is 16.5. The number of hydrogen-bond acceptors (Lipinski definition) is 1. The number of para-hydroxylation sites is 1. The molecule has 0 aromatic heterocycles. The van der Waals surface area contributed by atoms with Crippen LogP contribution < -0.4 is 4.74 Å². The van der Waals surface area contributed by atoms with Gasteiger partial charge < -0.3 is 4.74 Å². The van der Waals surface area contributed by atoms with Gasteiger partial charge in [0.2, 0.25) is 0 Å². The number of benzene rings is 1. The van der Waals surface area contributed by atoms with E-state index >= 15 is 0 Å². The van der Waals surface area contributed by atoms with Crippen LogP contribution in [0.1, 0.15) is 32.3 Å². The normalized spacial score (nSPS) is 9.00. The first kappa shape index (κ1) is 10.7. The molecule has 0 fully saturated rings. The molecule has 0 saturated heterocycles. The van der Waals surface area contributed by atoms with Crippen molar-refractivity contribution in [3.05, 3.63) is 29.8 Å². The molecular formula is C13H16O. The Hall–Kier alpha value is -1.42. The lowest BCUT2D eigenvalue weighted by molar-refractivity contribution is 0.316. The summed E-state index contributed by atoms with van der Waals surface area (Å²) in [7, 11) is 0. The largest absolute Gasteiger partial charge is 0.492 e. The van der Waals surface area contributed by atoms with Crippen molar-refractivity contribution in [1.29, 1.82) is 0 Å². The van der Waals surface area contributed by atoms with E-state index in [0.717, 1.165) is 30.8 Å². The molecule has 0 N–H and O–H groups in total. The molecule has 0 aliphatic carbocycles. The summed E-state index contributed by atoms with van der Waals surface area (Å²) in [5.74, 6) is 7.05. The van der Waals surface area contributed by atoms with Gasteiger partial charge in [0.1, 0.15) is 5.75 Å². The molecule has 1 nitrogen and oxygen atoms in total. The predicted octanol–water partition coefficient (Wildman–Crippen LogP) is 3.24. The first-order valence-corrected chi connectivity index (χ1v) is 5.09. The standard InChI is InChI=1S/C13H16O/c1-3-5-8-12-9-6-7-10-13(12)14-11-4-2/h6-7,9-10H,3-4,11H2,1-2H3. The lowest BCUT2D eigenvalue weighted by Crippen LogP contribution is -1.96. The maximum absolute atomic E-state index is 5.58. The SMILES string of the molecule is CCC#Cc1ccccc1OCCC. The summed E-state index contributed by atoms with van der Waals surface area (Å²) in [6.07, 6.45) is 1.90. The van der Waals surface area contributed by atoms with E-state index in [1.165, 1.54) is 0 Å². The average Bonchev–Trinajstić information content (AvgIpc) is 2.24. The zero-order valence-electron chi connectivity index (χ0n) is 8.84. The maximum atomic E-state index is 5.58. The van der Waals surface area contributed by atoms with Crippen molar-refractivity contribution in [2.75, 3.05) is 6.61 Å². The second-order valence-electron chi connectivity index (χ2n) is 3.00. The van der Waals surface area contributed by atoms with Crippen LogP contribution in [0.5, 0.6) is 5.75 Å². The fourth-order valence-corrected chi connectivity index (χ4v) is 1.09. The van der Waals surface area contributed by atoms with Gasteiger partial charge >= 0.3 is 0 Å². The Labute approximate surface area is 86.1 Å². The van der Waals surface area contributed by atoms with Gasteiger partial charge in [-0.15, -0.1) is 0 Å². The van der Waals surface area contributed by atoms with Crippen LogP contribution in [0.2, 0.25) is 0 Å². The molecule has 0 atom stereocenters. The minimum absolute atomic E-state index is 0.755. The fraction of sp³-hybridized carbons (Fsp3) is 0.385. The average molecular weight is 188 g/mol. The van der Waals surface area contributed by atoms with Gasteiger partial charge in [0.15, 0.2) is 0 Å². The molecule has 0 radical (unpaired) electrons. The van der Waals surface area contributed by atoms with Crippen LogP contribution in [0.15, 0.2) is 24.3 Å². The third kappa shape index (κ3) is 3.14. The van der Waals surface area contributed by atoms with Gasteiger partial charge in [0, 0.05) is 6.42 Å². The first-order chi connectivity index (χ1) is 6.88. The van der Waals surface area contributed by atoms with Crippen molar-refractivity contribution in [2.24, 2.45) is 0 Å². The van der Waals surface area contributed by atoms with E-state index in [1.54, 1.807) is 0 Å². The van der Waals surface area contributed by atoms with E-state index in [1.807, 2.05) is 31.2 Å². The van der Waals surface area contributed by atoms with Crippen molar-refractivity contribution in [1.82, 2.24) is 0 Å². The van der Waals surface area contributed by atoms with Gasteiger partial charge in [-0.05, 0) is 18.6 Å². The third-order valence-electron chi connectivity index (χ3n) is 1.75. The Morgan fingerprint density at radius 3 is 2.71 bits per heavy atom. The van der Waals surface area contributed by atoms with Gasteiger partial charge in [-0.1, -0.05) is 37.8 Å². The highest BCUT2D eigenvalue weighted by Crippen LogP contribution is 2.16. The quantitative estimate of drug-likeness (QED) is 0.662. The van der Waals surface area contributed by atoms with E-state index in [0.29, 0.717) is 0 Å². The van der Waals surface area contributed by atoms with Crippen molar-refractivity contribution >= 4 is 0 Å². The predicted molar refractivity (Wildman–Crippen MR) is 59.4 cm³/mol. The summed E-state index contributed by atoms with van der Waals surface area (Å²) in [4.78, 5) is 0. The summed E-state index contributed by atoms with van der Waals surface area (Å²) in [6, 6.07) is 7.92. The molecule has 0 aliphatic heterocycles. The van der Waals surface area contributed by atoms with Gasteiger partial charge in [-0.3, -0.25) is 0 Å². The summed E-state index contributed by atoms with van der Waals surface area (Å²) in [6.45, 7) is 4.90. The summed E-state index contributed by atoms with van der Waals surface area (Å²) in [5.41, 5.74) is 0.989. The zero-order valence-corrected chi connectivity index (χ0v) is 8.84. The lowest BCUT2D eigenvalue weighted by atomic mass is 10.2. The Kier molecular flexibility index (Phi) is 4.64. The lowest BCUT2D eigenvalue weighted by Gasteiger charge is -2.05. The molecular weight excluding hydrogens is 172 g/mol. The Morgan fingerprint density at radius 1 is 1.21 bits per heavy atom. The van der Waals surface area contributed by atoms with Crippen molar-refractivity contribution in [2.45, 2.75) is 26.7 Å². The van der Waals surface area contributed by atoms with E-state index < -0.39 is 0 Å². The van der Waals surface area contributed by atoms with E-state index in [4.69, 9.17) is 4.74 Å². The van der Waals surface area contributed by atoms with Gasteiger partial charge in [-0.25, -0.2) is 0 Å². The molecule has 1 heteroatoms. The summed E-state index contributed by atoms with van der Waals surface area (Å²) >= 11 is 0. The van der Waals surface area contributed by atoms with Gasteiger partial charge in [0.05, 0.1) is 12.2 Å². The van der Waals surface area contributed by atoms with Crippen LogP contribution in [0, 0.1) is 11.8 Å². The number of hydrogen-bond donors (Lipinski definition) is 0. The smallest absolute Gasteiger partial charge is 0.134 e. The second kappa shape index (κ2) is 6.10. The molecule has 1 aromatic carbocycles. The van der Waals surface area contributed by atoms with Crippen LogP contribution >= 0.6 is 0 Å². The molecule has 74 valence electrons. The maximum Gasteiger partial charge on any atom is 0.134 e. The minimum atomic E-state index is 0.755. The first-order valence-electron chi connectivity index (χ1n) is 5.09. The Balaban J connectivity index is 2.80. The molecule has 0 unspecified atom stereocenters. The van der Waals surface area contributed by atoms with Crippen LogP contribution in [0.25, 0.3) is 0 Å². The van der Waals surface area contributed by atoms with Gasteiger partial charge in [0.25, 0.3) is 0 Å². The molecule has 14 heavy (non-hydrogen) atoms. The summed E-state index contributed by atoms with van der Waals surface area (Å²) < 4.78 is 5.58. The van der Waals surface area contributed by atoms with Crippen molar-refractivity contribution < 1.29 is 4.74 Å². The van der Waals surface area contributed by atoms with Crippen molar-refractivity contribution in [3.63, 3.8) is 0 Å². The highest BCUT2D eigenvalue weighted by Gasteiger charge is 1.97. The molecule has 0 saturated carbocycles. The number of rotatable bonds is 3. The number of ether oxygens (including phenoxy) is 1. The van der Waals surface area contributed by atoms with E-state index in [2.05, 4.69) is 18.8 Å². The molecule has 0 aliphatic rings. The molecule has 1 aromatic rings. The van der Waals surface area contributed by atoms with Crippen molar-refractivity contribution in [3.8, 4) is 17.6 Å². The van der Waals surface area contributed by atoms with E-state index in [9.17, 15) is 0 Å². The third-order valence-corrected chi connectivity index (χ3v) is 1.75. The Bertz CT molecular complexity index is 331. The Morgan fingerprint density at radius 2 is 2.00 bits per heavy atom. The van der Waals surface area contributed by atoms with Crippen LogP contribution in [-0.2, 0) is 0 Å². The fourth-order valence-electron chi connectivity index (χ4n) is 1.09. The van der Waals surface area contributed by atoms with Crippen LogP contribution in [0.4, 0.5) is 0 Å². The molecule has 0 heterocycles. The molecule has 0 spiro atoms. The monoisotopic (exact) mass is 188 g/mol. The van der Waals surface area contributed by atoms with Gasteiger partial charge in [-0.2, -0.15) is 0 Å². The van der Waals surface area contributed by atoms with Crippen LogP contribution in [0.3, 0.4) is 0 Å². The second-order valence-corrected chi connectivity index (χ2v) is 3.00. The van der Waals surface area contributed by atoms with E-state index in [-0.39, 0.29) is 0 Å². The minimum Gasteiger partial charge on any atom is -0.492 e. The molecule has 1 rings (SSSR count). The topological polar surface area (TPSA) is 9.23 Å². The van der Waals surface area contributed by atoms with Crippen LogP contribution in [-0.4, -0.2) is 6.61 Å². The highest BCUT2D eigenvalue weighted by molar-refractivity contribution is 5.45. The zero-order chi connectivity index (χ0) is 10.2. The molecule has 0 amide bonds. The summed E-state index contributed by atoms with van der Waals surface area (Å²) in [5, 5.41) is 0.